The molecule has 0 radical (unpaired) electrons. The molecule has 1 aromatic heterocycles. The molecule has 0 saturated heterocycles. The highest BCUT2D eigenvalue weighted by atomic mass is 16.5. The van der Waals surface area contributed by atoms with Crippen molar-refractivity contribution in [1.29, 1.82) is 0 Å². The van der Waals surface area contributed by atoms with Crippen LogP contribution in [0.3, 0.4) is 0 Å². The van der Waals surface area contributed by atoms with E-state index in [1.807, 2.05) is 45.2 Å². The van der Waals surface area contributed by atoms with Gasteiger partial charge in [-0.2, -0.15) is 5.10 Å². The van der Waals surface area contributed by atoms with E-state index in [0.717, 1.165) is 38.5 Å². The van der Waals surface area contributed by atoms with Crippen molar-refractivity contribution < 1.29 is 9.47 Å². The van der Waals surface area contributed by atoms with Crippen LogP contribution >= 0.6 is 0 Å². The number of nitrogens with zero attached hydrogens (tertiary/aromatic N) is 2. The van der Waals surface area contributed by atoms with Crippen LogP contribution in [-0.2, 0) is 7.05 Å². The van der Waals surface area contributed by atoms with Gasteiger partial charge < -0.3 is 19.9 Å². The van der Waals surface area contributed by atoms with Crippen LogP contribution in [0.4, 0.5) is 0 Å². The summed E-state index contributed by atoms with van der Waals surface area (Å²) in [5.41, 5.74) is 2.69. The lowest BCUT2D eigenvalue weighted by Gasteiger charge is -2.29. The predicted octanol–water partition coefficient (Wildman–Crippen LogP) is 3.30. The molecule has 4 rings (SSSR count). The monoisotopic (exact) mass is 335 g/mol. The Labute approximate surface area is 146 Å². The van der Waals surface area contributed by atoms with Gasteiger partial charge >= 0.3 is 0 Å². The van der Waals surface area contributed by atoms with Crippen LogP contribution in [-0.4, -0.2) is 17.3 Å². The molecular weight excluding hydrogens is 314 g/mol. The van der Waals surface area contributed by atoms with Gasteiger partial charge in [-0.05, 0) is 32.1 Å². The van der Waals surface area contributed by atoms with Gasteiger partial charge in [0.1, 0.15) is 22.5 Å². The first kappa shape index (κ1) is 15.6. The minimum absolute atomic E-state index is 0.359. The third-order valence-electron chi connectivity index (χ3n) is 4.73. The van der Waals surface area contributed by atoms with Crippen LogP contribution in [0.1, 0.15) is 19.4 Å². The molecule has 0 spiro atoms. The van der Waals surface area contributed by atoms with Gasteiger partial charge in [0.15, 0.2) is 0 Å². The van der Waals surface area contributed by atoms with Crippen LogP contribution in [0.25, 0.3) is 27.9 Å². The molecule has 0 atom stereocenters. The standard InChI is InChI=1S/C20H21N3O2/c1-20(2)10-9-13-15(25-20)11-16(24-4)17-18(22-21)12-7-5-6-8-14(12)23(3)19(13)17/h5-11H,21H2,1-4H3/b22-18+. The molecule has 1 aliphatic rings. The second-order valence-corrected chi connectivity index (χ2v) is 6.81. The summed E-state index contributed by atoms with van der Waals surface area (Å²) in [5.74, 6) is 7.28. The van der Waals surface area contributed by atoms with Gasteiger partial charge in [0.25, 0.3) is 0 Å². The molecule has 0 unspecified atom stereocenters. The summed E-state index contributed by atoms with van der Waals surface area (Å²) in [6.45, 7) is 4.06. The number of fused-ring (bicyclic) bond motifs is 4. The lowest BCUT2D eigenvalue weighted by molar-refractivity contribution is 0.159. The van der Waals surface area contributed by atoms with E-state index in [2.05, 4.69) is 27.9 Å². The Morgan fingerprint density at radius 3 is 2.72 bits per heavy atom. The third-order valence-corrected chi connectivity index (χ3v) is 4.73. The number of benzene rings is 2. The van der Waals surface area contributed by atoms with Crippen molar-refractivity contribution in [3.63, 3.8) is 0 Å². The molecular formula is C20H21N3O2. The van der Waals surface area contributed by atoms with E-state index in [1.54, 1.807) is 7.11 Å². The van der Waals surface area contributed by atoms with E-state index >= 15 is 0 Å². The number of hydrogen-bond acceptors (Lipinski definition) is 4. The fourth-order valence-electron chi connectivity index (χ4n) is 3.58. The summed E-state index contributed by atoms with van der Waals surface area (Å²) in [7, 11) is 3.69. The fourth-order valence-corrected chi connectivity index (χ4v) is 3.58. The Hall–Kier alpha value is -2.95. The zero-order valence-corrected chi connectivity index (χ0v) is 14.8. The maximum absolute atomic E-state index is 6.17. The summed E-state index contributed by atoms with van der Waals surface area (Å²) >= 11 is 0. The molecule has 0 bridgehead atoms. The van der Waals surface area contributed by atoms with Gasteiger partial charge in [-0.1, -0.05) is 18.2 Å². The highest BCUT2D eigenvalue weighted by molar-refractivity contribution is 6.02. The summed E-state index contributed by atoms with van der Waals surface area (Å²) in [6.07, 6.45) is 4.17. The second-order valence-electron chi connectivity index (χ2n) is 6.81. The Kier molecular flexibility index (Phi) is 3.29. The second kappa shape index (κ2) is 5.28. The van der Waals surface area contributed by atoms with Gasteiger partial charge in [0.2, 0.25) is 0 Å². The van der Waals surface area contributed by atoms with E-state index in [9.17, 15) is 0 Å². The van der Waals surface area contributed by atoms with Crippen molar-refractivity contribution in [2.45, 2.75) is 19.4 Å². The normalized spacial score (nSPS) is 16.1. The summed E-state index contributed by atoms with van der Waals surface area (Å²) in [4.78, 5) is 0. The number of ether oxygens (including phenoxy) is 2. The van der Waals surface area contributed by atoms with Crippen molar-refractivity contribution in [1.82, 2.24) is 4.57 Å². The first-order valence-electron chi connectivity index (χ1n) is 8.21. The topological polar surface area (TPSA) is 61.8 Å². The van der Waals surface area contributed by atoms with Gasteiger partial charge in [-0.25, -0.2) is 0 Å². The number of nitrogens with two attached hydrogens (primary N) is 1. The molecule has 0 amide bonds. The molecule has 1 aliphatic heterocycles. The average Bonchev–Trinajstić information content (AvgIpc) is 2.60. The summed E-state index contributed by atoms with van der Waals surface area (Å²) in [5, 5.41) is 6.69. The van der Waals surface area contributed by atoms with Crippen LogP contribution < -0.4 is 20.7 Å². The van der Waals surface area contributed by atoms with Crippen LogP contribution in [0.2, 0.25) is 0 Å². The summed E-state index contributed by atoms with van der Waals surface area (Å²) in [6, 6.07) is 10.0. The maximum atomic E-state index is 6.17. The number of rotatable bonds is 1. The quantitative estimate of drug-likeness (QED) is 0.422. The van der Waals surface area contributed by atoms with Gasteiger partial charge in [-0.15, -0.1) is 0 Å². The molecule has 25 heavy (non-hydrogen) atoms. The molecule has 0 fully saturated rings. The number of aryl methyl sites for hydroxylation is 1. The molecule has 5 nitrogen and oxygen atoms in total. The molecule has 5 heteroatoms. The molecule has 3 aromatic rings. The smallest absolute Gasteiger partial charge is 0.134 e. The number of para-hydroxylation sites is 1. The number of pyridine rings is 1. The highest BCUT2D eigenvalue weighted by Crippen LogP contribution is 2.40. The predicted molar refractivity (Wildman–Crippen MR) is 100 cm³/mol. The largest absolute Gasteiger partial charge is 0.496 e. The maximum Gasteiger partial charge on any atom is 0.134 e. The lowest BCUT2D eigenvalue weighted by atomic mass is 9.98. The average molecular weight is 335 g/mol. The van der Waals surface area contributed by atoms with Crippen molar-refractivity contribution in [3.8, 4) is 11.5 Å². The number of hydrogen-bond donors (Lipinski definition) is 1. The minimum atomic E-state index is -0.359. The first-order chi connectivity index (χ1) is 12.0. The zero-order valence-electron chi connectivity index (χ0n) is 14.8. The SMILES string of the molecule is COc1cc2c(c3c1/c(=N/N)c1ccccc1n3C)C=CC(C)(C)O2. The van der Waals surface area contributed by atoms with Crippen molar-refractivity contribution in [2.24, 2.45) is 18.0 Å². The minimum Gasteiger partial charge on any atom is -0.496 e. The Bertz CT molecular complexity index is 1110. The summed E-state index contributed by atoms with van der Waals surface area (Å²) < 4.78 is 14.0. The molecule has 128 valence electrons. The van der Waals surface area contributed by atoms with E-state index in [1.165, 1.54) is 0 Å². The molecule has 0 aliphatic carbocycles. The zero-order chi connectivity index (χ0) is 17.8. The lowest BCUT2D eigenvalue weighted by Crippen LogP contribution is -2.28. The molecule has 2 N–H and O–H groups in total. The third kappa shape index (κ3) is 2.19. The number of methoxy groups -OCH3 is 1. The van der Waals surface area contributed by atoms with E-state index in [0.29, 0.717) is 5.75 Å². The van der Waals surface area contributed by atoms with Gasteiger partial charge in [0.05, 0.1) is 23.5 Å². The Morgan fingerprint density at radius 1 is 1.24 bits per heavy atom. The Balaban J connectivity index is 2.30. The van der Waals surface area contributed by atoms with Crippen molar-refractivity contribution in [3.05, 3.63) is 47.3 Å². The molecule has 0 saturated carbocycles. The first-order valence-corrected chi connectivity index (χ1v) is 8.21. The Morgan fingerprint density at radius 2 is 2.00 bits per heavy atom. The van der Waals surface area contributed by atoms with E-state index in [-0.39, 0.29) is 5.60 Å². The van der Waals surface area contributed by atoms with Crippen molar-refractivity contribution >= 4 is 27.9 Å². The van der Waals surface area contributed by atoms with E-state index in [4.69, 9.17) is 15.3 Å². The van der Waals surface area contributed by atoms with Crippen molar-refractivity contribution in [2.75, 3.05) is 7.11 Å². The van der Waals surface area contributed by atoms with Gasteiger partial charge in [-0.3, -0.25) is 0 Å². The van der Waals surface area contributed by atoms with Crippen LogP contribution in [0.15, 0.2) is 41.5 Å². The highest BCUT2D eigenvalue weighted by Gasteiger charge is 2.26. The molecule has 2 heterocycles. The van der Waals surface area contributed by atoms with Gasteiger partial charge in [0, 0.05) is 24.1 Å². The van der Waals surface area contributed by atoms with E-state index < -0.39 is 0 Å². The molecule has 2 aromatic carbocycles. The van der Waals surface area contributed by atoms with Crippen LogP contribution in [0, 0.1) is 0 Å². The van der Waals surface area contributed by atoms with Crippen LogP contribution in [0.5, 0.6) is 11.5 Å². The fraction of sp³-hybridized carbons (Fsp3) is 0.250. The number of aromatic nitrogens is 1.